The lowest BCUT2D eigenvalue weighted by molar-refractivity contribution is 0.572. The molecule has 0 bridgehead atoms. The van der Waals surface area contributed by atoms with Gasteiger partial charge in [0, 0.05) is 18.0 Å². The quantitative estimate of drug-likeness (QED) is 0.544. The van der Waals surface area contributed by atoms with Crippen LogP contribution in [0.3, 0.4) is 0 Å². The first-order valence-corrected chi connectivity index (χ1v) is 7.23. The van der Waals surface area contributed by atoms with Gasteiger partial charge >= 0.3 is 0 Å². The minimum absolute atomic E-state index is 0.0128. The lowest BCUT2D eigenvalue weighted by Crippen LogP contribution is -2.11. The normalized spacial score (nSPS) is 12.9. The van der Waals surface area contributed by atoms with Gasteiger partial charge in [0.25, 0.3) is 5.56 Å². The Morgan fingerprint density at radius 1 is 1.44 bits per heavy atom. The highest BCUT2D eigenvalue weighted by Crippen LogP contribution is 2.15. The van der Waals surface area contributed by atoms with Crippen molar-refractivity contribution in [3.05, 3.63) is 20.8 Å². The molecule has 0 aliphatic rings. The van der Waals surface area contributed by atoms with Gasteiger partial charge in [-0.05, 0) is 30.8 Å². The lowest BCUT2D eigenvalue weighted by atomic mass is 10.1. The Bertz CT molecular complexity index is 361. The number of alkyl halides is 1. The van der Waals surface area contributed by atoms with Gasteiger partial charge in [-0.15, -0.1) is 11.6 Å². The second-order valence-electron chi connectivity index (χ2n) is 3.83. The van der Waals surface area contributed by atoms with Crippen LogP contribution in [0.25, 0.3) is 0 Å². The summed E-state index contributed by atoms with van der Waals surface area (Å²) in [7, 11) is 0. The van der Waals surface area contributed by atoms with E-state index in [1.165, 1.54) is 17.6 Å². The van der Waals surface area contributed by atoms with Crippen molar-refractivity contribution in [1.82, 2.24) is 3.96 Å². The zero-order chi connectivity index (χ0) is 12.0. The maximum absolute atomic E-state index is 11.3. The fraction of sp³-hybridized carbons (Fsp3) is 0.727. The summed E-state index contributed by atoms with van der Waals surface area (Å²) in [5, 5.41) is 0.305. The molecule has 1 rings (SSSR count). The third kappa shape index (κ3) is 4.89. The summed E-state index contributed by atoms with van der Waals surface area (Å²) < 4.78 is 2.28. The van der Waals surface area contributed by atoms with E-state index in [4.69, 9.17) is 23.2 Å². The fourth-order valence-electron chi connectivity index (χ4n) is 1.50. The van der Waals surface area contributed by atoms with E-state index in [2.05, 4.69) is 6.92 Å². The third-order valence-electron chi connectivity index (χ3n) is 2.50. The lowest BCUT2D eigenvalue weighted by Gasteiger charge is -2.05. The van der Waals surface area contributed by atoms with Crippen LogP contribution in [0.5, 0.6) is 0 Å². The van der Waals surface area contributed by atoms with Crippen LogP contribution in [0.15, 0.2) is 10.9 Å². The standard InChI is InChI=1S/C11H17Cl2NOS/c1-2-9(12)6-4-3-5-7-14-11(15)8-10(13)16-14/h8-9H,2-7H2,1H3. The van der Waals surface area contributed by atoms with Crippen molar-refractivity contribution in [1.29, 1.82) is 0 Å². The van der Waals surface area contributed by atoms with Crippen molar-refractivity contribution in [3.8, 4) is 0 Å². The monoisotopic (exact) mass is 281 g/mol. The largest absolute Gasteiger partial charge is 0.268 e. The van der Waals surface area contributed by atoms with Crippen molar-refractivity contribution in [3.63, 3.8) is 0 Å². The smallest absolute Gasteiger partial charge is 0.262 e. The Morgan fingerprint density at radius 3 is 2.75 bits per heavy atom. The summed E-state index contributed by atoms with van der Waals surface area (Å²) >= 11 is 13.1. The van der Waals surface area contributed by atoms with Gasteiger partial charge in [0.05, 0.1) is 0 Å². The molecule has 0 N–H and O–H groups in total. The Hall–Kier alpha value is 0.01000. The average molecular weight is 282 g/mol. The summed E-state index contributed by atoms with van der Waals surface area (Å²) in [6, 6.07) is 1.47. The summed E-state index contributed by atoms with van der Waals surface area (Å²) in [6.07, 6.45) is 5.37. The van der Waals surface area contributed by atoms with Gasteiger partial charge in [-0.2, -0.15) is 0 Å². The van der Waals surface area contributed by atoms with Crippen LogP contribution < -0.4 is 5.56 Å². The molecule has 0 amide bonds. The van der Waals surface area contributed by atoms with E-state index in [9.17, 15) is 4.79 Å². The molecule has 1 aromatic rings. The molecule has 1 atom stereocenters. The van der Waals surface area contributed by atoms with Crippen molar-refractivity contribution < 1.29 is 0 Å². The van der Waals surface area contributed by atoms with Gasteiger partial charge in [0.15, 0.2) is 0 Å². The molecule has 0 aromatic carbocycles. The molecule has 16 heavy (non-hydrogen) atoms. The predicted octanol–water partition coefficient (Wildman–Crippen LogP) is 4.14. The van der Waals surface area contributed by atoms with Gasteiger partial charge in [0.2, 0.25) is 0 Å². The number of aryl methyl sites for hydroxylation is 1. The van der Waals surface area contributed by atoms with Crippen LogP contribution in [0.1, 0.15) is 39.0 Å². The molecule has 92 valence electrons. The van der Waals surface area contributed by atoms with Crippen LogP contribution in [0.4, 0.5) is 0 Å². The van der Waals surface area contributed by atoms with E-state index in [1.807, 2.05) is 0 Å². The molecule has 2 nitrogen and oxygen atoms in total. The predicted molar refractivity (Wildman–Crippen MR) is 72.0 cm³/mol. The Labute approximate surface area is 110 Å². The zero-order valence-electron chi connectivity index (χ0n) is 9.42. The van der Waals surface area contributed by atoms with E-state index >= 15 is 0 Å². The SMILES string of the molecule is CCC(Cl)CCCCCn1sc(Cl)cc1=O. The van der Waals surface area contributed by atoms with Crippen LogP contribution in [-0.4, -0.2) is 9.33 Å². The van der Waals surface area contributed by atoms with Gasteiger partial charge in [-0.1, -0.05) is 31.4 Å². The van der Waals surface area contributed by atoms with E-state index in [1.54, 1.807) is 3.96 Å². The Kier molecular flexibility index (Phi) is 6.47. The highest BCUT2D eigenvalue weighted by molar-refractivity contribution is 7.11. The minimum Gasteiger partial charge on any atom is -0.268 e. The molecule has 0 aliphatic carbocycles. The highest BCUT2D eigenvalue weighted by atomic mass is 35.5. The molecule has 1 unspecified atom stereocenters. The number of rotatable bonds is 7. The van der Waals surface area contributed by atoms with Crippen LogP contribution in [-0.2, 0) is 6.54 Å². The maximum Gasteiger partial charge on any atom is 0.262 e. The molecule has 0 saturated carbocycles. The molecule has 0 spiro atoms. The van der Waals surface area contributed by atoms with E-state index in [0.29, 0.717) is 9.71 Å². The van der Waals surface area contributed by atoms with Crippen LogP contribution in [0, 0.1) is 0 Å². The highest BCUT2D eigenvalue weighted by Gasteiger charge is 2.03. The molecular formula is C11H17Cl2NOS. The van der Waals surface area contributed by atoms with Crippen LogP contribution in [0.2, 0.25) is 4.34 Å². The molecule has 1 aromatic heterocycles. The van der Waals surface area contributed by atoms with Gasteiger partial charge in [0.1, 0.15) is 4.34 Å². The molecular weight excluding hydrogens is 265 g/mol. The van der Waals surface area contributed by atoms with Crippen molar-refractivity contribution in [2.75, 3.05) is 0 Å². The first-order chi connectivity index (χ1) is 7.63. The average Bonchev–Trinajstić information content (AvgIpc) is 2.56. The summed E-state index contributed by atoms with van der Waals surface area (Å²) in [4.78, 5) is 11.3. The second kappa shape index (κ2) is 7.36. The molecule has 0 radical (unpaired) electrons. The Balaban J connectivity index is 2.16. The number of hydrogen-bond acceptors (Lipinski definition) is 2. The molecule has 0 aliphatic heterocycles. The number of halogens is 2. The number of nitrogens with zero attached hydrogens (tertiary/aromatic N) is 1. The minimum atomic E-state index is 0.0128. The van der Waals surface area contributed by atoms with Crippen LogP contribution >= 0.6 is 34.7 Å². The third-order valence-corrected chi connectivity index (χ3v) is 4.22. The Morgan fingerprint density at radius 2 is 2.19 bits per heavy atom. The topological polar surface area (TPSA) is 22.0 Å². The van der Waals surface area contributed by atoms with Gasteiger partial charge in [-0.25, -0.2) is 0 Å². The maximum atomic E-state index is 11.3. The molecule has 5 heteroatoms. The van der Waals surface area contributed by atoms with Crippen molar-refractivity contribution >= 4 is 34.7 Å². The fourth-order valence-corrected chi connectivity index (χ4v) is 2.73. The van der Waals surface area contributed by atoms with Crippen molar-refractivity contribution in [2.45, 2.75) is 50.9 Å². The van der Waals surface area contributed by atoms with Gasteiger partial charge < -0.3 is 0 Å². The van der Waals surface area contributed by atoms with Crippen molar-refractivity contribution in [2.24, 2.45) is 0 Å². The first-order valence-electron chi connectivity index (χ1n) is 5.64. The number of hydrogen-bond donors (Lipinski definition) is 0. The molecule has 1 heterocycles. The van der Waals surface area contributed by atoms with E-state index in [0.717, 1.165) is 38.6 Å². The summed E-state index contributed by atoms with van der Waals surface area (Å²) in [5.41, 5.74) is 0.0128. The zero-order valence-corrected chi connectivity index (χ0v) is 11.7. The number of aromatic nitrogens is 1. The first kappa shape index (κ1) is 14.1. The summed E-state index contributed by atoms with van der Waals surface area (Å²) in [6.45, 7) is 2.88. The molecule has 0 fully saturated rings. The molecule has 0 saturated heterocycles. The second-order valence-corrected chi connectivity index (χ2v) is 6.15. The van der Waals surface area contributed by atoms with Gasteiger partial charge in [-0.3, -0.25) is 8.75 Å². The van der Waals surface area contributed by atoms with E-state index in [-0.39, 0.29) is 5.56 Å². The summed E-state index contributed by atoms with van der Waals surface area (Å²) in [5.74, 6) is 0. The number of unbranched alkanes of at least 4 members (excludes halogenated alkanes) is 2. The van der Waals surface area contributed by atoms with E-state index < -0.39 is 0 Å².